The van der Waals surface area contributed by atoms with Gasteiger partial charge in [-0.3, -0.25) is 24.6 Å². The van der Waals surface area contributed by atoms with Crippen molar-refractivity contribution in [3.8, 4) is 0 Å². The molecule has 1 heterocycles. The first-order valence-electron chi connectivity index (χ1n) is 11.5. The van der Waals surface area contributed by atoms with Crippen molar-refractivity contribution in [2.75, 3.05) is 24.7 Å². The van der Waals surface area contributed by atoms with Gasteiger partial charge in [0.15, 0.2) is 0 Å². The van der Waals surface area contributed by atoms with E-state index in [2.05, 4.69) is 5.32 Å². The van der Waals surface area contributed by atoms with Crippen LogP contribution < -0.4 is 10.2 Å². The molecule has 2 aromatic rings. The van der Waals surface area contributed by atoms with Gasteiger partial charge in [0.05, 0.1) is 19.3 Å². The molecule has 2 aromatic carbocycles. The highest BCUT2D eigenvalue weighted by atomic mass is 16.5. The molecule has 3 rings (SSSR count). The molecule has 0 fully saturated rings. The number of nitrogens with one attached hydrogen (secondary N) is 1. The van der Waals surface area contributed by atoms with E-state index in [4.69, 9.17) is 9.47 Å². The molecule has 1 N–H and O–H groups in total. The number of ether oxygens (including phenoxy) is 2. The van der Waals surface area contributed by atoms with E-state index in [0.29, 0.717) is 31.4 Å². The number of para-hydroxylation sites is 1. The van der Waals surface area contributed by atoms with Crippen LogP contribution in [0.4, 0.5) is 5.69 Å². The third-order valence-electron chi connectivity index (χ3n) is 5.68. The number of carbonyl (C=O) groups is 3. The zero-order valence-corrected chi connectivity index (χ0v) is 19.3. The van der Waals surface area contributed by atoms with Gasteiger partial charge in [-0.05, 0) is 56.7 Å². The fourth-order valence-corrected chi connectivity index (χ4v) is 4.08. The van der Waals surface area contributed by atoms with Crippen LogP contribution in [0, 0.1) is 0 Å². The molecule has 33 heavy (non-hydrogen) atoms. The molecule has 0 aliphatic carbocycles. The molecule has 1 aliphatic heterocycles. The Morgan fingerprint density at radius 1 is 1.03 bits per heavy atom. The van der Waals surface area contributed by atoms with E-state index < -0.39 is 18.1 Å². The van der Waals surface area contributed by atoms with Crippen LogP contribution in [-0.2, 0) is 36.7 Å². The van der Waals surface area contributed by atoms with Gasteiger partial charge in [0.25, 0.3) is 0 Å². The SMILES string of the molecule is CCOC(=O)CN1C(=O)[C@@H](N[C@H](CCc2ccccc2)C(=O)OCC)CCc2ccccc21. The molecule has 1 amide bonds. The number of rotatable bonds is 10. The molecule has 7 nitrogen and oxygen atoms in total. The molecular weight excluding hydrogens is 420 g/mol. The predicted molar refractivity (Wildman–Crippen MR) is 126 cm³/mol. The number of fused-ring (bicyclic) bond motifs is 1. The molecule has 0 radical (unpaired) electrons. The molecule has 1 aliphatic rings. The van der Waals surface area contributed by atoms with Crippen LogP contribution in [0.15, 0.2) is 54.6 Å². The molecule has 176 valence electrons. The second-order valence-electron chi connectivity index (χ2n) is 7.94. The number of hydrogen-bond donors (Lipinski definition) is 1. The first kappa shape index (κ1) is 24.5. The molecule has 0 spiro atoms. The van der Waals surface area contributed by atoms with Crippen molar-refractivity contribution in [3.05, 3.63) is 65.7 Å². The zero-order chi connectivity index (χ0) is 23.6. The maximum atomic E-state index is 13.5. The number of amides is 1. The van der Waals surface area contributed by atoms with Crippen LogP contribution in [0.25, 0.3) is 0 Å². The van der Waals surface area contributed by atoms with Crippen LogP contribution in [-0.4, -0.2) is 49.7 Å². The van der Waals surface area contributed by atoms with E-state index in [1.165, 1.54) is 4.90 Å². The minimum atomic E-state index is -0.634. The summed E-state index contributed by atoms with van der Waals surface area (Å²) < 4.78 is 10.4. The van der Waals surface area contributed by atoms with Crippen LogP contribution in [0.3, 0.4) is 0 Å². The molecule has 0 aromatic heterocycles. The lowest BCUT2D eigenvalue weighted by Crippen LogP contribution is -2.53. The van der Waals surface area contributed by atoms with Gasteiger partial charge in [-0.15, -0.1) is 0 Å². The minimum Gasteiger partial charge on any atom is -0.465 e. The number of aryl methyl sites for hydroxylation is 2. The summed E-state index contributed by atoms with van der Waals surface area (Å²) in [6.45, 7) is 3.84. The quantitative estimate of drug-likeness (QED) is 0.558. The fourth-order valence-electron chi connectivity index (χ4n) is 4.08. The largest absolute Gasteiger partial charge is 0.465 e. The van der Waals surface area contributed by atoms with Gasteiger partial charge in [0.2, 0.25) is 5.91 Å². The Kier molecular flexibility index (Phi) is 9.01. The first-order valence-corrected chi connectivity index (χ1v) is 11.5. The number of hydrogen-bond acceptors (Lipinski definition) is 6. The lowest BCUT2D eigenvalue weighted by molar-refractivity contribution is -0.146. The summed E-state index contributed by atoms with van der Waals surface area (Å²) in [4.78, 5) is 40.0. The van der Waals surface area contributed by atoms with Gasteiger partial charge < -0.3 is 9.47 Å². The lowest BCUT2D eigenvalue weighted by Gasteiger charge is -2.28. The van der Waals surface area contributed by atoms with Gasteiger partial charge in [0.1, 0.15) is 12.6 Å². The summed E-state index contributed by atoms with van der Waals surface area (Å²) in [6.07, 6.45) is 2.33. The number of nitrogens with zero attached hydrogens (tertiary/aromatic N) is 1. The van der Waals surface area contributed by atoms with Crippen LogP contribution in [0.2, 0.25) is 0 Å². The van der Waals surface area contributed by atoms with Crippen molar-refractivity contribution in [1.82, 2.24) is 5.32 Å². The van der Waals surface area contributed by atoms with Crippen molar-refractivity contribution in [1.29, 1.82) is 0 Å². The van der Waals surface area contributed by atoms with E-state index in [0.717, 1.165) is 11.1 Å². The summed E-state index contributed by atoms with van der Waals surface area (Å²) >= 11 is 0. The van der Waals surface area contributed by atoms with E-state index in [1.54, 1.807) is 13.8 Å². The molecule has 0 saturated heterocycles. The van der Waals surface area contributed by atoms with Gasteiger partial charge in [-0.1, -0.05) is 48.5 Å². The minimum absolute atomic E-state index is 0.171. The summed E-state index contributed by atoms with van der Waals surface area (Å²) in [5.41, 5.74) is 2.80. The smallest absolute Gasteiger partial charge is 0.326 e. The molecule has 0 bridgehead atoms. The summed E-state index contributed by atoms with van der Waals surface area (Å²) in [5, 5.41) is 3.25. The fraction of sp³-hybridized carbons (Fsp3) is 0.423. The highest BCUT2D eigenvalue weighted by molar-refractivity contribution is 6.02. The topological polar surface area (TPSA) is 84.9 Å². The number of anilines is 1. The Balaban J connectivity index is 1.80. The Hall–Kier alpha value is -3.19. The number of esters is 2. The second-order valence-corrected chi connectivity index (χ2v) is 7.94. The molecule has 7 heteroatoms. The molecular formula is C26H32N2O5. The van der Waals surface area contributed by atoms with Crippen LogP contribution in [0.5, 0.6) is 0 Å². The van der Waals surface area contributed by atoms with Gasteiger partial charge in [0, 0.05) is 5.69 Å². The van der Waals surface area contributed by atoms with E-state index in [1.807, 2.05) is 54.6 Å². The highest BCUT2D eigenvalue weighted by Crippen LogP contribution is 2.27. The maximum Gasteiger partial charge on any atom is 0.326 e. The van der Waals surface area contributed by atoms with Crippen molar-refractivity contribution in [2.45, 2.75) is 51.6 Å². The normalized spacial score (nSPS) is 16.5. The van der Waals surface area contributed by atoms with E-state index in [-0.39, 0.29) is 31.6 Å². The van der Waals surface area contributed by atoms with E-state index in [9.17, 15) is 14.4 Å². The van der Waals surface area contributed by atoms with Crippen molar-refractivity contribution >= 4 is 23.5 Å². The Labute approximate surface area is 195 Å². The van der Waals surface area contributed by atoms with Gasteiger partial charge >= 0.3 is 11.9 Å². The summed E-state index contributed by atoms with van der Waals surface area (Å²) in [5.74, 6) is -1.09. The summed E-state index contributed by atoms with van der Waals surface area (Å²) in [7, 11) is 0. The molecule has 0 saturated carbocycles. The Morgan fingerprint density at radius 3 is 2.45 bits per heavy atom. The standard InChI is InChI=1S/C26H32N2O5/c1-3-32-24(29)18-28-23-13-9-8-12-20(23)15-17-21(25(28)30)27-22(26(31)33-4-2)16-14-19-10-6-5-7-11-19/h5-13,21-22,27H,3-4,14-18H2,1-2H3/t21-,22+/m0/s1. The van der Waals surface area contributed by atoms with Gasteiger partial charge in [-0.25, -0.2) is 0 Å². The van der Waals surface area contributed by atoms with E-state index >= 15 is 0 Å². The average Bonchev–Trinajstić information content (AvgIpc) is 2.95. The Bertz CT molecular complexity index is 947. The zero-order valence-electron chi connectivity index (χ0n) is 19.3. The first-order chi connectivity index (χ1) is 16.0. The van der Waals surface area contributed by atoms with Crippen LogP contribution >= 0.6 is 0 Å². The number of carbonyl (C=O) groups excluding carboxylic acids is 3. The predicted octanol–water partition coefficient (Wildman–Crippen LogP) is 3.05. The molecule has 0 unspecified atom stereocenters. The average molecular weight is 453 g/mol. The van der Waals surface area contributed by atoms with Crippen molar-refractivity contribution in [2.24, 2.45) is 0 Å². The monoisotopic (exact) mass is 452 g/mol. The van der Waals surface area contributed by atoms with Crippen molar-refractivity contribution < 1.29 is 23.9 Å². The number of benzene rings is 2. The third-order valence-corrected chi connectivity index (χ3v) is 5.68. The van der Waals surface area contributed by atoms with Crippen molar-refractivity contribution in [3.63, 3.8) is 0 Å². The third kappa shape index (κ3) is 6.65. The van der Waals surface area contributed by atoms with Gasteiger partial charge in [-0.2, -0.15) is 0 Å². The van der Waals surface area contributed by atoms with Crippen LogP contribution in [0.1, 0.15) is 37.8 Å². The lowest BCUT2D eigenvalue weighted by atomic mass is 10.0. The summed E-state index contributed by atoms with van der Waals surface area (Å²) in [6, 6.07) is 16.2. The molecule has 2 atom stereocenters. The Morgan fingerprint density at radius 2 is 1.73 bits per heavy atom. The maximum absolute atomic E-state index is 13.5. The highest BCUT2D eigenvalue weighted by Gasteiger charge is 2.34. The second kappa shape index (κ2) is 12.2.